The van der Waals surface area contributed by atoms with Gasteiger partial charge in [0.1, 0.15) is 6.04 Å². The number of benzene rings is 1. The van der Waals surface area contributed by atoms with Crippen molar-refractivity contribution in [2.24, 2.45) is 0 Å². The Balaban J connectivity index is 2.02. The minimum Gasteiger partial charge on any atom is -0.308 e. The maximum Gasteiger partial charge on any atom is 0.449 e. The highest BCUT2D eigenvalue weighted by atomic mass is 19.4. The molecular weight excluding hydrogens is 323 g/mol. The molecule has 1 N–H and O–H groups in total. The second-order valence-corrected chi connectivity index (χ2v) is 5.03. The first-order valence-electron chi connectivity index (χ1n) is 7.00. The molecule has 0 aliphatic heterocycles. The zero-order valence-electron chi connectivity index (χ0n) is 12.4. The van der Waals surface area contributed by atoms with Crippen molar-refractivity contribution in [3.8, 4) is 0 Å². The van der Waals surface area contributed by atoms with E-state index in [0.717, 1.165) is 4.57 Å². The number of aromatic nitrogens is 4. The molecule has 0 saturated carbocycles. The van der Waals surface area contributed by atoms with Gasteiger partial charge < -0.3 is 4.57 Å². The number of nitrogens with zero attached hydrogens (tertiary/aromatic N) is 4. The maximum atomic E-state index is 13.3. The number of imidazole rings is 1. The third-order valence-corrected chi connectivity index (χ3v) is 3.42. The average Bonchev–Trinajstić information content (AvgIpc) is 2.95. The fourth-order valence-corrected chi connectivity index (χ4v) is 2.33. The first-order chi connectivity index (χ1) is 11.4. The molecular formula is C15H12F3N5O. The van der Waals surface area contributed by atoms with Crippen LogP contribution in [0.4, 0.5) is 19.1 Å². The standard InChI is InChI=1S/C15H12F3N5O/c1-9(12(24)22-14-19-7-4-8-20-14)23-11-6-3-2-5-10(11)21-13(23)15(16,17)18/h2-9H,1H3,(H,19,20,22,24). The van der Waals surface area contributed by atoms with E-state index in [9.17, 15) is 18.0 Å². The molecule has 2 heterocycles. The normalized spacial score (nSPS) is 13.0. The van der Waals surface area contributed by atoms with Gasteiger partial charge in [0.05, 0.1) is 11.0 Å². The van der Waals surface area contributed by atoms with Gasteiger partial charge >= 0.3 is 6.18 Å². The predicted molar refractivity (Wildman–Crippen MR) is 80.1 cm³/mol. The molecule has 6 nitrogen and oxygen atoms in total. The summed E-state index contributed by atoms with van der Waals surface area (Å²) in [5.41, 5.74) is 0.391. The Bertz CT molecular complexity index is 876. The van der Waals surface area contributed by atoms with Crippen molar-refractivity contribution in [2.75, 3.05) is 5.32 Å². The van der Waals surface area contributed by atoms with Gasteiger partial charge in [0.2, 0.25) is 17.7 Å². The molecule has 0 fully saturated rings. The Morgan fingerprint density at radius 1 is 1.17 bits per heavy atom. The molecule has 124 valence electrons. The quantitative estimate of drug-likeness (QED) is 0.798. The van der Waals surface area contributed by atoms with Crippen molar-refractivity contribution in [1.29, 1.82) is 0 Å². The number of fused-ring (bicyclic) bond motifs is 1. The van der Waals surface area contributed by atoms with Gasteiger partial charge in [0, 0.05) is 12.4 Å². The number of halogens is 3. The Labute approximate surface area is 134 Å². The van der Waals surface area contributed by atoms with E-state index in [1.165, 1.54) is 31.5 Å². The van der Waals surface area contributed by atoms with Crippen molar-refractivity contribution in [1.82, 2.24) is 19.5 Å². The van der Waals surface area contributed by atoms with Crippen LogP contribution in [0.5, 0.6) is 0 Å². The van der Waals surface area contributed by atoms with Gasteiger partial charge in [-0.3, -0.25) is 10.1 Å². The maximum absolute atomic E-state index is 13.3. The van der Waals surface area contributed by atoms with Gasteiger partial charge in [-0.15, -0.1) is 0 Å². The Kier molecular flexibility index (Phi) is 3.92. The molecule has 0 radical (unpaired) electrons. The number of alkyl halides is 3. The van der Waals surface area contributed by atoms with Crippen LogP contribution in [0.2, 0.25) is 0 Å². The van der Waals surface area contributed by atoms with Crippen LogP contribution in [-0.2, 0) is 11.0 Å². The van der Waals surface area contributed by atoms with Crippen molar-refractivity contribution >= 4 is 22.9 Å². The number of rotatable bonds is 3. The topological polar surface area (TPSA) is 72.7 Å². The zero-order chi connectivity index (χ0) is 17.3. The van der Waals surface area contributed by atoms with Crippen LogP contribution >= 0.6 is 0 Å². The van der Waals surface area contributed by atoms with E-state index in [-0.39, 0.29) is 17.0 Å². The molecule has 1 amide bonds. The fourth-order valence-electron chi connectivity index (χ4n) is 2.33. The smallest absolute Gasteiger partial charge is 0.308 e. The molecule has 24 heavy (non-hydrogen) atoms. The van der Waals surface area contributed by atoms with E-state index in [0.29, 0.717) is 0 Å². The molecule has 1 unspecified atom stereocenters. The largest absolute Gasteiger partial charge is 0.449 e. The predicted octanol–water partition coefficient (Wildman–Crippen LogP) is 3.04. The van der Waals surface area contributed by atoms with Crippen LogP contribution in [0.3, 0.4) is 0 Å². The van der Waals surface area contributed by atoms with Gasteiger partial charge in [-0.05, 0) is 25.1 Å². The lowest BCUT2D eigenvalue weighted by Crippen LogP contribution is -2.28. The summed E-state index contributed by atoms with van der Waals surface area (Å²) in [4.78, 5) is 23.6. The second-order valence-electron chi connectivity index (χ2n) is 5.03. The molecule has 0 bridgehead atoms. The summed E-state index contributed by atoms with van der Waals surface area (Å²) < 4.78 is 40.8. The molecule has 1 aromatic carbocycles. The van der Waals surface area contributed by atoms with Crippen LogP contribution < -0.4 is 5.32 Å². The third-order valence-electron chi connectivity index (χ3n) is 3.42. The highest BCUT2D eigenvalue weighted by molar-refractivity contribution is 5.93. The molecule has 0 spiro atoms. The van der Waals surface area contributed by atoms with Gasteiger partial charge in [0.15, 0.2) is 0 Å². The first kappa shape index (κ1) is 15.9. The van der Waals surface area contributed by atoms with Crippen molar-refractivity contribution in [2.45, 2.75) is 19.1 Å². The Morgan fingerprint density at radius 3 is 2.50 bits per heavy atom. The number of carbonyl (C=O) groups is 1. The van der Waals surface area contributed by atoms with Crippen LogP contribution in [0.1, 0.15) is 18.8 Å². The molecule has 2 aromatic heterocycles. The van der Waals surface area contributed by atoms with E-state index in [1.807, 2.05) is 0 Å². The molecule has 0 aliphatic rings. The number of hydrogen-bond acceptors (Lipinski definition) is 4. The molecule has 1 atom stereocenters. The summed E-state index contributed by atoms with van der Waals surface area (Å²) in [5.74, 6) is -1.78. The number of hydrogen-bond donors (Lipinski definition) is 1. The molecule has 9 heteroatoms. The number of nitrogens with one attached hydrogen (secondary N) is 1. The van der Waals surface area contributed by atoms with E-state index in [4.69, 9.17) is 0 Å². The highest BCUT2D eigenvalue weighted by Gasteiger charge is 2.39. The summed E-state index contributed by atoms with van der Waals surface area (Å²) in [6, 6.07) is 6.53. The van der Waals surface area contributed by atoms with Crippen LogP contribution in [0, 0.1) is 0 Å². The summed E-state index contributed by atoms with van der Waals surface area (Å²) in [6.45, 7) is 1.36. The van der Waals surface area contributed by atoms with Crippen molar-refractivity contribution in [3.63, 3.8) is 0 Å². The molecule has 3 aromatic rings. The van der Waals surface area contributed by atoms with E-state index in [1.54, 1.807) is 18.2 Å². The van der Waals surface area contributed by atoms with Crippen LogP contribution in [0.25, 0.3) is 11.0 Å². The Hall–Kier alpha value is -2.97. The number of amides is 1. The molecule has 0 saturated heterocycles. The monoisotopic (exact) mass is 335 g/mol. The van der Waals surface area contributed by atoms with Gasteiger partial charge in [-0.1, -0.05) is 12.1 Å². The fraction of sp³-hybridized carbons (Fsp3) is 0.200. The summed E-state index contributed by atoms with van der Waals surface area (Å²) in [6.07, 6.45) is -1.85. The van der Waals surface area contributed by atoms with Crippen molar-refractivity contribution in [3.05, 3.63) is 48.5 Å². The van der Waals surface area contributed by atoms with Gasteiger partial charge in [-0.2, -0.15) is 13.2 Å². The van der Waals surface area contributed by atoms with Gasteiger partial charge in [-0.25, -0.2) is 15.0 Å². The third kappa shape index (κ3) is 2.92. The van der Waals surface area contributed by atoms with Crippen LogP contribution in [0.15, 0.2) is 42.7 Å². The lowest BCUT2D eigenvalue weighted by molar-refractivity contribution is -0.148. The number of anilines is 1. The summed E-state index contributed by atoms with van der Waals surface area (Å²) in [5, 5.41) is 2.40. The van der Waals surface area contributed by atoms with Crippen molar-refractivity contribution < 1.29 is 18.0 Å². The van der Waals surface area contributed by atoms with Gasteiger partial charge in [0.25, 0.3) is 0 Å². The summed E-state index contributed by atoms with van der Waals surface area (Å²) in [7, 11) is 0. The first-order valence-corrected chi connectivity index (χ1v) is 7.00. The molecule has 3 rings (SSSR count). The minimum atomic E-state index is -4.68. The SMILES string of the molecule is CC(C(=O)Nc1ncccn1)n1c(C(F)(F)F)nc2ccccc21. The van der Waals surface area contributed by atoms with Crippen LogP contribution in [-0.4, -0.2) is 25.4 Å². The molecule has 0 aliphatic carbocycles. The van der Waals surface area contributed by atoms with E-state index >= 15 is 0 Å². The second kappa shape index (κ2) is 5.91. The lowest BCUT2D eigenvalue weighted by Gasteiger charge is -2.17. The lowest BCUT2D eigenvalue weighted by atomic mass is 10.2. The minimum absolute atomic E-state index is 0.0207. The Morgan fingerprint density at radius 2 is 1.83 bits per heavy atom. The highest BCUT2D eigenvalue weighted by Crippen LogP contribution is 2.33. The van der Waals surface area contributed by atoms with E-state index < -0.39 is 23.9 Å². The summed E-state index contributed by atoms with van der Waals surface area (Å²) >= 11 is 0. The van der Waals surface area contributed by atoms with E-state index in [2.05, 4.69) is 20.3 Å². The number of carbonyl (C=O) groups excluding carboxylic acids is 1. The number of para-hydroxylation sites is 2. The zero-order valence-corrected chi connectivity index (χ0v) is 12.4. The average molecular weight is 335 g/mol.